The van der Waals surface area contributed by atoms with Crippen LogP contribution in [0.15, 0.2) is 23.1 Å². The highest BCUT2D eigenvalue weighted by molar-refractivity contribution is 7.99. The van der Waals surface area contributed by atoms with Crippen molar-refractivity contribution in [2.45, 2.75) is 18.2 Å². The first-order valence-electron chi connectivity index (χ1n) is 8.07. The van der Waals surface area contributed by atoms with Crippen LogP contribution in [0.25, 0.3) is 0 Å². The topological polar surface area (TPSA) is 76.1 Å². The molecule has 1 N–H and O–H groups in total. The van der Waals surface area contributed by atoms with Crippen molar-refractivity contribution in [2.75, 3.05) is 32.1 Å². The SMILES string of the molecule is C[C@@H]1CN(C(=O)CCSc2ccc3c(c2)OCCO3)C[C@H]1C(=O)O. The molecule has 6 nitrogen and oxygen atoms in total. The van der Waals surface area contributed by atoms with Gasteiger partial charge in [0.15, 0.2) is 11.5 Å². The molecule has 0 saturated carbocycles. The average Bonchev–Trinajstić information content (AvgIpc) is 2.97. The Bertz CT molecular complexity index is 635. The Morgan fingerprint density at radius 2 is 2.00 bits per heavy atom. The number of carbonyl (C=O) groups excluding carboxylic acids is 1. The fourth-order valence-electron chi connectivity index (χ4n) is 3.02. The van der Waals surface area contributed by atoms with E-state index < -0.39 is 11.9 Å². The van der Waals surface area contributed by atoms with E-state index in [1.165, 1.54) is 0 Å². The maximum absolute atomic E-state index is 12.3. The summed E-state index contributed by atoms with van der Waals surface area (Å²) in [5.41, 5.74) is 0. The van der Waals surface area contributed by atoms with Crippen LogP contribution < -0.4 is 9.47 Å². The molecule has 1 aromatic rings. The zero-order valence-electron chi connectivity index (χ0n) is 13.6. The Balaban J connectivity index is 1.48. The predicted octanol–water partition coefficient (Wildman–Crippen LogP) is 2.12. The molecule has 1 saturated heterocycles. The summed E-state index contributed by atoms with van der Waals surface area (Å²) in [4.78, 5) is 26.1. The second-order valence-electron chi connectivity index (χ2n) is 6.12. The lowest BCUT2D eigenvalue weighted by Gasteiger charge is -2.19. The van der Waals surface area contributed by atoms with Crippen molar-refractivity contribution in [3.63, 3.8) is 0 Å². The van der Waals surface area contributed by atoms with Crippen LogP contribution in [0, 0.1) is 11.8 Å². The summed E-state index contributed by atoms with van der Waals surface area (Å²) in [5.74, 6) is 0.930. The number of carboxylic acids is 1. The van der Waals surface area contributed by atoms with E-state index in [0.717, 1.165) is 16.4 Å². The standard InChI is InChI=1S/C17H21NO5S/c1-11-9-18(10-13(11)17(20)21)16(19)4-7-24-12-2-3-14-15(8-12)23-6-5-22-14/h2-3,8,11,13H,4-7,9-10H2,1H3,(H,20,21)/t11-,13-/m1/s1. The van der Waals surface area contributed by atoms with Gasteiger partial charge in [0.2, 0.25) is 5.91 Å². The zero-order valence-corrected chi connectivity index (χ0v) is 14.4. The van der Waals surface area contributed by atoms with Crippen LogP contribution >= 0.6 is 11.8 Å². The number of benzene rings is 1. The van der Waals surface area contributed by atoms with E-state index in [2.05, 4.69) is 0 Å². The Labute approximate surface area is 145 Å². The largest absolute Gasteiger partial charge is 0.486 e. The highest BCUT2D eigenvalue weighted by atomic mass is 32.2. The second-order valence-corrected chi connectivity index (χ2v) is 7.29. The number of nitrogens with zero attached hydrogens (tertiary/aromatic N) is 1. The van der Waals surface area contributed by atoms with Gasteiger partial charge in [0, 0.05) is 30.2 Å². The molecule has 24 heavy (non-hydrogen) atoms. The Kier molecular flexibility index (Phi) is 5.18. The Morgan fingerprint density at radius 3 is 2.71 bits per heavy atom. The normalized spacial score (nSPS) is 22.5. The van der Waals surface area contributed by atoms with Gasteiger partial charge >= 0.3 is 5.97 Å². The summed E-state index contributed by atoms with van der Waals surface area (Å²) in [5, 5.41) is 9.14. The van der Waals surface area contributed by atoms with Crippen LogP contribution in [0.4, 0.5) is 0 Å². The van der Waals surface area contributed by atoms with Crippen LogP contribution in [0.3, 0.4) is 0 Å². The number of amides is 1. The third kappa shape index (κ3) is 3.77. The molecule has 130 valence electrons. The molecule has 0 radical (unpaired) electrons. The summed E-state index contributed by atoms with van der Waals surface area (Å²) >= 11 is 1.59. The molecular formula is C17H21NO5S. The van der Waals surface area contributed by atoms with Gasteiger partial charge in [-0.3, -0.25) is 9.59 Å². The van der Waals surface area contributed by atoms with Crippen molar-refractivity contribution < 1.29 is 24.2 Å². The van der Waals surface area contributed by atoms with Crippen LogP contribution in [-0.2, 0) is 9.59 Å². The fourth-order valence-corrected chi connectivity index (χ4v) is 3.89. The fraction of sp³-hybridized carbons (Fsp3) is 0.529. The Hall–Kier alpha value is -1.89. The van der Waals surface area contributed by atoms with Gasteiger partial charge in [0.05, 0.1) is 5.92 Å². The van der Waals surface area contributed by atoms with E-state index in [1.54, 1.807) is 16.7 Å². The smallest absolute Gasteiger partial charge is 0.308 e. The van der Waals surface area contributed by atoms with Gasteiger partial charge in [-0.1, -0.05) is 6.92 Å². The molecule has 2 atom stereocenters. The predicted molar refractivity (Wildman–Crippen MR) is 89.6 cm³/mol. The summed E-state index contributed by atoms with van der Waals surface area (Å²) in [6.07, 6.45) is 0.401. The first-order valence-corrected chi connectivity index (χ1v) is 9.06. The maximum atomic E-state index is 12.3. The lowest BCUT2D eigenvalue weighted by Crippen LogP contribution is -2.30. The van der Waals surface area contributed by atoms with Crippen LogP contribution in [0.5, 0.6) is 11.5 Å². The third-order valence-corrected chi connectivity index (χ3v) is 5.38. The molecule has 2 aliphatic heterocycles. The minimum atomic E-state index is -0.816. The van der Waals surface area contributed by atoms with Crippen molar-refractivity contribution in [1.29, 1.82) is 0 Å². The van der Waals surface area contributed by atoms with Gasteiger partial charge in [-0.15, -0.1) is 11.8 Å². The number of fused-ring (bicyclic) bond motifs is 1. The summed E-state index contributed by atoms with van der Waals surface area (Å²) in [6, 6.07) is 5.78. The molecule has 3 rings (SSSR count). The van der Waals surface area contributed by atoms with Gasteiger partial charge < -0.3 is 19.5 Å². The molecule has 0 aliphatic carbocycles. The van der Waals surface area contributed by atoms with E-state index in [9.17, 15) is 9.59 Å². The van der Waals surface area contributed by atoms with E-state index in [-0.39, 0.29) is 11.8 Å². The lowest BCUT2D eigenvalue weighted by atomic mass is 9.99. The van der Waals surface area contributed by atoms with Gasteiger partial charge in [-0.2, -0.15) is 0 Å². The quantitative estimate of drug-likeness (QED) is 0.819. The molecule has 0 bridgehead atoms. The number of ether oxygens (including phenoxy) is 2. The van der Waals surface area contributed by atoms with Crippen molar-refractivity contribution in [1.82, 2.24) is 4.90 Å². The molecule has 0 aromatic heterocycles. The van der Waals surface area contributed by atoms with E-state index in [0.29, 0.717) is 38.5 Å². The number of carboxylic acid groups (broad SMARTS) is 1. The van der Waals surface area contributed by atoms with Gasteiger partial charge in [0.1, 0.15) is 13.2 Å². The van der Waals surface area contributed by atoms with Gasteiger partial charge in [-0.05, 0) is 24.1 Å². The highest BCUT2D eigenvalue weighted by Gasteiger charge is 2.36. The minimum absolute atomic E-state index is 0.0110. The van der Waals surface area contributed by atoms with E-state index in [4.69, 9.17) is 14.6 Å². The number of hydrogen-bond acceptors (Lipinski definition) is 5. The zero-order chi connectivity index (χ0) is 17.1. The number of rotatable bonds is 5. The van der Waals surface area contributed by atoms with E-state index in [1.807, 2.05) is 25.1 Å². The molecule has 7 heteroatoms. The molecule has 0 unspecified atom stereocenters. The summed E-state index contributed by atoms with van der Waals surface area (Å²) in [6.45, 7) is 3.86. The number of thioether (sulfide) groups is 1. The van der Waals surface area contributed by atoms with Crippen LogP contribution in [-0.4, -0.2) is 53.9 Å². The molecule has 1 aromatic carbocycles. The summed E-state index contributed by atoms with van der Waals surface area (Å²) < 4.78 is 11.0. The van der Waals surface area contributed by atoms with Gasteiger partial charge in [0.25, 0.3) is 0 Å². The Morgan fingerprint density at radius 1 is 1.25 bits per heavy atom. The van der Waals surface area contributed by atoms with Crippen LogP contribution in [0.1, 0.15) is 13.3 Å². The van der Waals surface area contributed by atoms with Crippen molar-refractivity contribution >= 4 is 23.6 Å². The van der Waals surface area contributed by atoms with E-state index >= 15 is 0 Å². The number of likely N-dealkylation sites (tertiary alicyclic amines) is 1. The van der Waals surface area contributed by atoms with Crippen LogP contribution in [0.2, 0.25) is 0 Å². The maximum Gasteiger partial charge on any atom is 0.308 e. The molecule has 2 heterocycles. The molecule has 1 amide bonds. The minimum Gasteiger partial charge on any atom is -0.486 e. The molecule has 2 aliphatic rings. The molecule has 0 spiro atoms. The highest BCUT2D eigenvalue weighted by Crippen LogP contribution is 2.34. The van der Waals surface area contributed by atoms with Crippen molar-refractivity contribution in [3.05, 3.63) is 18.2 Å². The first-order chi connectivity index (χ1) is 11.5. The van der Waals surface area contributed by atoms with Gasteiger partial charge in [-0.25, -0.2) is 0 Å². The lowest BCUT2D eigenvalue weighted by molar-refractivity contribution is -0.142. The number of carbonyl (C=O) groups is 2. The molecule has 1 fully saturated rings. The second kappa shape index (κ2) is 7.34. The molecular weight excluding hydrogens is 330 g/mol. The van der Waals surface area contributed by atoms with Crippen molar-refractivity contribution in [3.8, 4) is 11.5 Å². The number of aliphatic carboxylic acids is 1. The first kappa shape index (κ1) is 17.0. The monoisotopic (exact) mass is 351 g/mol. The average molecular weight is 351 g/mol. The summed E-state index contributed by atoms with van der Waals surface area (Å²) in [7, 11) is 0. The third-order valence-electron chi connectivity index (χ3n) is 4.38. The number of hydrogen-bond donors (Lipinski definition) is 1. The van der Waals surface area contributed by atoms with Crippen molar-refractivity contribution in [2.24, 2.45) is 11.8 Å².